The van der Waals surface area contributed by atoms with Crippen molar-refractivity contribution in [2.75, 3.05) is 47.5 Å². The van der Waals surface area contributed by atoms with Crippen LogP contribution in [0.15, 0.2) is 122 Å². The number of rotatable bonds is 58. The fraction of sp³-hybridized carbons (Fsp3) is 0.676. The molecule has 2 atom stereocenters. The number of hydrogen-bond acceptors (Lipinski definition) is 7. The molecule has 456 valence electrons. The summed E-state index contributed by atoms with van der Waals surface area (Å²) >= 11 is 0. The van der Waals surface area contributed by atoms with E-state index < -0.39 is 24.3 Å². The zero-order chi connectivity index (χ0) is 58.3. The summed E-state index contributed by atoms with van der Waals surface area (Å²) in [5.41, 5.74) is 0. The molecular weight excluding hydrogens is 995 g/mol. The molecule has 80 heavy (non-hydrogen) atoms. The number of quaternary nitrogens is 1. The van der Waals surface area contributed by atoms with E-state index >= 15 is 0 Å². The number of unbranched alkanes of at least 4 members (excludes halogenated alkanes) is 23. The van der Waals surface area contributed by atoms with Crippen molar-refractivity contribution in [2.24, 2.45) is 0 Å². The quantitative estimate of drug-likeness (QED) is 0.0211. The zero-order valence-electron chi connectivity index (χ0n) is 51.9. The number of esters is 2. The van der Waals surface area contributed by atoms with Crippen LogP contribution in [0.4, 0.5) is 0 Å². The molecule has 0 radical (unpaired) electrons. The van der Waals surface area contributed by atoms with Crippen molar-refractivity contribution >= 4 is 17.9 Å². The van der Waals surface area contributed by atoms with E-state index in [4.69, 9.17) is 18.9 Å². The van der Waals surface area contributed by atoms with E-state index in [1.165, 1.54) is 109 Å². The molecule has 0 saturated heterocycles. The molecule has 0 bridgehead atoms. The summed E-state index contributed by atoms with van der Waals surface area (Å²) in [4.78, 5) is 37.5. The Morgan fingerprint density at radius 2 is 0.713 bits per heavy atom. The molecule has 0 rings (SSSR count). The topological polar surface area (TPSA) is 108 Å². The molecule has 0 aliphatic rings. The predicted molar refractivity (Wildman–Crippen MR) is 341 cm³/mol. The first-order chi connectivity index (χ1) is 39.1. The summed E-state index contributed by atoms with van der Waals surface area (Å²) in [7, 11) is 5.96. The highest BCUT2D eigenvalue weighted by Gasteiger charge is 2.25. The first kappa shape index (κ1) is 75.7. The average molecular weight is 1120 g/mol. The molecule has 0 saturated carbocycles. The molecular formula is C71H120NO8+. The Bertz CT molecular complexity index is 1730. The normalized spacial score (nSPS) is 13.6. The van der Waals surface area contributed by atoms with Gasteiger partial charge in [-0.05, 0) is 109 Å². The number of carbonyl (C=O) groups excluding carboxylic acids is 2. The molecule has 0 fully saturated rings. The van der Waals surface area contributed by atoms with Gasteiger partial charge in [0.15, 0.2) is 6.10 Å². The van der Waals surface area contributed by atoms with Crippen molar-refractivity contribution in [3.8, 4) is 0 Å². The maximum atomic E-state index is 12.9. The van der Waals surface area contributed by atoms with Gasteiger partial charge in [0.1, 0.15) is 13.2 Å². The number of carboxylic acids is 1. The Morgan fingerprint density at radius 3 is 1.06 bits per heavy atom. The van der Waals surface area contributed by atoms with Gasteiger partial charge in [0.25, 0.3) is 6.29 Å². The van der Waals surface area contributed by atoms with E-state index in [9.17, 15) is 19.5 Å². The van der Waals surface area contributed by atoms with Gasteiger partial charge >= 0.3 is 17.9 Å². The lowest BCUT2D eigenvalue weighted by atomic mass is 10.0. The first-order valence-electron chi connectivity index (χ1n) is 32.2. The van der Waals surface area contributed by atoms with Crippen LogP contribution in [0.25, 0.3) is 0 Å². The largest absolute Gasteiger partial charge is 0.477 e. The summed E-state index contributed by atoms with van der Waals surface area (Å²) in [6.45, 7) is 4.73. The number of likely N-dealkylation sites (N-methyl/N-ethyl adjacent to an activating group) is 1. The Morgan fingerprint density at radius 1 is 0.388 bits per heavy atom. The second-order valence-corrected chi connectivity index (χ2v) is 22.3. The molecule has 1 N–H and O–H groups in total. The third kappa shape index (κ3) is 61.3. The number of aliphatic carboxylic acids is 1. The van der Waals surface area contributed by atoms with Crippen LogP contribution in [0.5, 0.6) is 0 Å². The van der Waals surface area contributed by atoms with Gasteiger partial charge in [-0.1, -0.05) is 251 Å². The molecule has 2 unspecified atom stereocenters. The minimum atomic E-state index is -1.52. The maximum Gasteiger partial charge on any atom is 0.361 e. The van der Waals surface area contributed by atoms with Crippen molar-refractivity contribution in [1.29, 1.82) is 0 Å². The van der Waals surface area contributed by atoms with Gasteiger partial charge in [-0.25, -0.2) is 4.79 Å². The van der Waals surface area contributed by atoms with Crippen molar-refractivity contribution < 1.29 is 42.9 Å². The van der Waals surface area contributed by atoms with Gasteiger partial charge in [-0.15, -0.1) is 0 Å². The summed E-state index contributed by atoms with van der Waals surface area (Å²) in [6, 6.07) is 0. The summed E-state index contributed by atoms with van der Waals surface area (Å²) in [5.74, 6) is -2.02. The van der Waals surface area contributed by atoms with Gasteiger partial charge in [0.05, 0.1) is 34.4 Å². The maximum absolute atomic E-state index is 12.9. The zero-order valence-corrected chi connectivity index (χ0v) is 51.9. The lowest BCUT2D eigenvalue weighted by molar-refractivity contribution is -0.870. The van der Waals surface area contributed by atoms with Crippen molar-refractivity contribution in [3.63, 3.8) is 0 Å². The monoisotopic (exact) mass is 1110 g/mol. The van der Waals surface area contributed by atoms with Crippen molar-refractivity contribution in [2.45, 2.75) is 264 Å². The van der Waals surface area contributed by atoms with Crippen molar-refractivity contribution in [1.82, 2.24) is 0 Å². The van der Waals surface area contributed by atoms with Crippen LogP contribution in [0.1, 0.15) is 251 Å². The summed E-state index contributed by atoms with van der Waals surface area (Å²) in [6.07, 6.45) is 82.9. The van der Waals surface area contributed by atoms with E-state index in [-0.39, 0.29) is 38.6 Å². The smallest absolute Gasteiger partial charge is 0.361 e. The number of carboxylic acid groups (broad SMARTS) is 1. The van der Waals surface area contributed by atoms with Gasteiger partial charge in [0.2, 0.25) is 0 Å². The van der Waals surface area contributed by atoms with Crippen LogP contribution >= 0.6 is 0 Å². The molecule has 0 heterocycles. The van der Waals surface area contributed by atoms with Crippen LogP contribution in [0, 0.1) is 0 Å². The molecule has 0 aromatic heterocycles. The molecule has 0 spiro atoms. The lowest BCUT2D eigenvalue weighted by Crippen LogP contribution is -2.40. The van der Waals surface area contributed by atoms with Crippen molar-refractivity contribution in [3.05, 3.63) is 122 Å². The fourth-order valence-corrected chi connectivity index (χ4v) is 8.53. The second kappa shape index (κ2) is 60.8. The molecule has 9 heteroatoms. The van der Waals surface area contributed by atoms with E-state index in [1.54, 1.807) is 0 Å². The van der Waals surface area contributed by atoms with Crippen LogP contribution in [0.2, 0.25) is 0 Å². The summed E-state index contributed by atoms with van der Waals surface area (Å²) in [5, 5.41) is 9.72. The average Bonchev–Trinajstić information content (AvgIpc) is 3.43. The fourth-order valence-electron chi connectivity index (χ4n) is 8.53. The highest BCUT2D eigenvalue weighted by molar-refractivity contribution is 5.71. The number of nitrogens with zero attached hydrogens (tertiary/aromatic N) is 1. The molecule has 0 aromatic carbocycles. The van der Waals surface area contributed by atoms with Crippen LogP contribution in [-0.4, -0.2) is 87.4 Å². The number of carbonyl (C=O) groups is 3. The highest BCUT2D eigenvalue weighted by Crippen LogP contribution is 2.16. The van der Waals surface area contributed by atoms with Crippen LogP contribution < -0.4 is 0 Å². The highest BCUT2D eigenvalue weighted by atomic mass is 16.7. The standard InChI is InChI=1S/C71H119NO8/c1-6-8-10-12-14-16-18-20-22-24-26-27-28-29-30-31-32-33-34-35-36-37-38-39-40-41-42-43-44-46-48-50-52-54-56-58-60-62-69(74)80-67(66-79-71(70(75)76)77-64-63-72(3,4)5)65-78-68(73)61-59-57-55-53-51-49-47-45-25-23-21-19-17-15-13-11-9-7-2/h8,10,14,16-17,19-20,22-23,25-27,29-30,32-33,35-36,38-39,67,71H,6-7,9,11-13,15,18,21,24,28,31,34,37,40-66H2,1-5H3/p+1/b10-8-,16-14-,19-17-,22-20-,25-23-,27-26-,30-29-,33-32-,36-35-,39-38-. The molecule has 0 aliphatic heterocycles. The molecule has 0 aliphatic carbocycles. The third-order valence-corrected chi connectivity index (χ3v) is 13.5. The number of ether oxygens (including phenoxy) is 4. The molecule has 9 nitrogen and oxygen atoms in total. The van der Waals surface area contributed by atoms with Crippen LogP contribution in [-0.2, 0) is 33.3 Å². The minimum absolute atomic E-state index is 0.181. The van der Waals surface area contributed by atoms with Gasteiger partial charge < -0.3 is 28.5 Å². The first-order valence-corrected chi connectivity index (χ1v) is 32.2. The van der Waals surface area contributed by atoms with Gasteiger partial charge in [-0.2, -0.15) is 0 Å². The predicted octanol–water partition coefficient (Wildman–Crippen LogP) is 19.6. The molecule has 0 aromatic rings. The van der Waals surface area contributed by atoms with Gasteiger partial charge in [-0.3, -0.25) is 9.59 Å². The minimum Gasteiger partial charge on any atom is -0.477 e. The van der Waals surface area contributed by atoms with E-state index in [0.29, 0.717) is 17.4 Å². The number of hydrogen-bond donors (Lipinski definition) is 1. The van der Waals surface area contributed by atoms with Crippen LogP contribution in [0.3, 0.4) is 0 Å². The van der Waals surface area contributed by atoms with E-state index in [0.717, 1.165) is 109 Å². The lowest BCUT2D eigenvalue weighted by Gasteiger charge is -2.25. The second-order valence-electron chi connectivity index (χ2n) is 22.3. The Hall–Kier alpha value is -4.31. The van der Waals surface area contributed by atoms with Gasteiger partial charge in [0, 0.05) is 12.8 Å². The Kier molecular flexibility index (Phi) is 57.5. The summed E-state index contributed by atoms with van der Waals surface area (Å²) < 4.78 is 22.9. The van der Waals surface area contributed by atoms with E-state index in [1.807, 2.05) is 21.1 Å². The number of allylic oxidation sites excluding steroid dienone is 20. The SMILES string of the molecule is CC/C=C\C/C=C\C/C=C\C/C=C\C/C=C\C/C=C\C/C=C\C/C=C\CCCCCCCCCCCCCCC(=O)OC(COC(=O)CCCCCCCCC/C=C\C/C=C\CCCCCC)COC(OCC[N+](C)(C)C)C(=O)O. The van der Waals surface area contributed by atoms with E-state index in [2.05, 4.69) is 135 Å². The third-order valence-electron chi connectivity index (χ3n) is 13.5. The molecule has 0 amide bonds. The Balaban J connectivity index is 4.16. The Labute approximate surface area is 491 Å².